The minimum absolute atomic E-state index is 0.0337. The second-order valence-corrected chi connectivity index (χ2v) is 7.53. The summed E-state index contributed by atoms with van der Waals surface area (Å²) in [5.41, 5.74) is 1.00. The Morgan fingerprint density at radius 2 is 1.60 bits per heavy atom. The predicted molar refractivity (Wildman–Crippen MR) is 86.5 cm³/mol. The molecule has 0 heterocycles. The Bertz CT molecular complexity index is 671. The quantitative estimate of drug-likeness (QED) is 0.733. The third-order valence-electron chi connectivity index (χ3n) is 3.05. The lowest BCUT2D eigenvalue weighted by molar-refractivity contribution is 0.591. The van der Waals surface area contributed by atoms with Crippen LogP contribution in [0.4, 0.5) is 0 Å². The number of rotatable bonds is 5. The minimum atomic E-state index is -3.41. The largest absolute Gasteiger partial charge is 0.224 e. The third kappa shape index (κ3) is 3.62. The highest BCUT2D eigenvalue weighted by atomic mass is 79.9. The monoisotopic (exact) mass is 372 g/mol. The molecule has 0 bridgehead atoms. The molecule has 0 spiro atoms. The molecule has 1 atom stereocenters. The second-order valence-electron chi connectivity index (χ2n) is 4.47. The van der Waals surface area contributed by atoms with Gasteiger partial charge in [-0.15, -0.1) is 0 Å². The van der Waals surface area contributed by atoms with E-state index in [-0.39, 0.29) is 21.6 Å². The molecular formula is C15H14BrClO2S. The highest BCUT2D eigenvalue weighted by Crippen LogP contribution is 2.27. The van der Waals surface area contributed by atoms with Crippen molar-refractivity contribution in [1.82, 2.24) is 0 Å². The first-order valence-corrected chi connectivity index (χ1v) is 9.28. The number of sulfone groups is 1. The molecule has 5 heteroatoms. The van der Waals surface area contributed by atoms with Crippen LogP contribution in [0.3, 0.4) is 0 Å². The summed E-state index contributed by atoms with van der Waals surface area (Å²) >= 11 is 9.39. The first-order valence-electron chi connectivity index (χ1n) is 6.13. The zero-order chi connectivity index (χ0) is 14.6. The highest BCUT2D eigenvalue weighted by molar-refractivity contribution is 9.09. The van der Waals surface area contributed by atoms with Crippen molar-refractivity contribution in [3.05, 3.63) is 65.2 Å². The van der Waals surface area contributed by atoms with Gasteiger partial charge in [-0.2, -0.15) is 0 Å². The molecular weight excluding hydrogens is 360 g/mol. The van der Waals surface area contributed by atoms with E-state index < -0.39 is 9.84 Å². The van der Waals surface area contributed by atoms with Crippen LogP contribution >= 0.6 is 27.5 Å². The second kappa shape index (κ2) is 6.74. The first kappa shape index (κ1) is 15.5. The van der Waals surface area contributed by atoms with Crippen molar-refractivity contribution in [1.29, 1.82) is 0 Å². The molecule has 0 saturated carbocycles. The molecule has 1 unspecified atom stereocenters. The van der Waals surface area contributed by atoms with E-state index in [9.17, 15) is 8.42 Å². The van der Waals surface area contributed by atoms with Crippen LogP contribution in [0, 0.1) is 0 Å². The fourth-order valence-corrected chi connectivity index (χ4v) is 5.07. The summed E-state index contributed by atoms with van der Waals surface area (Å²) in [6, 6.07) is 16.2. The van der Waals surface area contributed by atoms with Gasteiger partial charge in [0.25, 0.3) is 0 Å². The first-order chi connectivity index (χ1) is 9.54. The zero-order valence-electron chi connectivity index (χ0n) is 10.7. The summed E-state index contributed by atoms with van der Waals surface area (Å²) in [4.78, 5) is 0.198. The van der Waals surface area contributed by atoms with Crippen LogP contribution in [-0.4, -0.2) is 19.5 Å². The highest BCUT2D eigenvalue weighted by Gasteiger charge is 2.23. The van der Waals surface area contributed by atoms with Crippen molar-refractivity contribution in [3.8, 4) is 0 Å². The van der Waals surface area contributed by atoms with Crippen molar-refractivity contribution < 1.29 is 8.42 Å². The maximum absolute atomic E-state index is 12.5. The van der Waals surface area contributed by atoms with Crippen molar-refractivity contribution in [2.75, 3.05) is 11.1 Å². The van der Waals surface area contributed by atoms with Crippen molar-refractivity contribution >= 4 is 37.4 Å². The summed E-state index contributed by atoms with van der Waals surface area (Å²) in [5, 5.41) is 0.856. The van der Waals surface area contributed by atoms with Crippen LogP contribution in [0.5, 0.6) is 0 Å². The van der Waals surface area contributed by atoms with E-state index >= 15 is 0 Å². The van der Waals surface area contributed by atoms with Gasteiger partial charge in [0.2, 0.25) is 0 Å². The fraction of sp³-hybridized carbons (Fsp3) is 0.200. The smallest absolute Gasteiger partial charge is 0.180 e. The minimum Gasteiger partial charge on any atom is -0.224 e. The van der Waals surface area contributed by atoms with E-state index in [4.69, 9.17) is 11.6 Å². The summed E-state index contributed by atoms with van der Waals surface area (Å²) in [7, 11) is -3.41. The Labute approximate surface area is 132 Å². The van der Waals surface area contributed by atoms with Crippen molar-refractivity contribution in [2.24, 2.45) is 0 Å². The molecule has 0 amide bonds. The van der Waals surface area contributed by atoms with Crippen LogP contribution < -0.4 is 0 Å². The number of hydrogen-bond donors (Lipinski definition) is 0. The Kier molecular flexibility index (Phi) is 5.24. The van der Waals surface area contributed by atoms with E-state index in [1.165, 1.54) is 0 Å². The van der Waals surface area contributed by atoms with Gasteiger partial charge in [0.1, 0.15) is 0 Å². The molecule has 0 saturated heterocycles. The Balaban J connectivity index is 2.30. The molecule has 2 rings (SSSR count). The van der Waals surface area contributed by atoms with Gasteiger partial charge in [-0.05, 0) is 17.7 Å². The normalized spacial score (nSPS) is 13.1. The molecule has 0 aliphatic heterocycles. The van der Waals surface area contributed by atoms with Crippen LogP contribution in [0.2, 0.25) is 5.02 Å². The average molecular weight is 374 g/mol. The van der Waals surface area contributed by atoms with Gasteiger partial charge in [-0.25, -0.2) is 8.42 Å². The SMILES string of the molecule is O=S(=O)(CC(CBr)c1ccccc1)c1ccccc1Cl. The van der Waals surface area contributed by atoms with Crippen LogP contribution in [-0.2, 0) is 9.84 Å². The van der Waals surface area contributed by atoms with E-state index in [0.717, 1.165) is 5.56 Å². The van der Waals surface area contributed by atoms with Gasteiger partial charge in [-0.3, -0.25) is 0 Å². The fourth-order valence-electron chi connectivity index (χ4n) is 2.01. The Morgan fingerprint density at radius 1 is 1.00 bits per heavy atom. The van der Waals surface area contributed by atoms with Crippen LogP contribution in [0.25, 0.3) is 0 Å². The molecule has 0 radical (unpaired) electrons. The molecule has 20 heavy (non-hydrogen) atoms. The van der Waals surface area contributed by atoms with Crippen molar-refractivity contribution in [3.63, 3.8) is 0 Å². The third-order valence-corrected chi connectivity index (χ3v) is 6.14. The number of benzene rings is 2. The summed E-state index contributed by atoms with van der Waals surface area (Å²) in [5.74, 6) is -0.0658. The zero-order valence-corrected chi connectivity index (χ0v) is 13.8. The van der Waals surface area contributed by atoms with Gasteiger partial charge >= 0.3 is 0 Å². The van der Waals surface area contributed by atoms with Gasteiger partial charge < -0.3 is 0 Å². The molecule has 0 aromatic heterocycles. The average Bonchev–Trinajstić information content (AvgIpc) is 2.46. The summed E-state index contributed by atoms with van der Waals surface area (Å²) in [6.45, 7) is 0. The van der Waals surface area contributed by atoms with E-state index in [1.54, 1.807) is 24.3 Å². The lowest BCUT2D eigenvalue weighted by atomic mass is 10.0. The van der Waals surface area contributed by atoms with Gasteiger partial charge in [-0.1, -0.05) is 70.0 Å². The maximum Gasteiger partial charge on any atom is 0.180 e. The number of halogens is 2. The van der Waals surface area contributed by atoms with Crippen LogP contribution in [0.15, 0.2) is 59.5 Å². The molecule has 0 N–H and O–H groups in total. The molecule has 2 aromatic carbocycles. The molecule has 2 aromatic rings. The van der Waals surface area contributed by atoms with E-state index in [2.05, 4.69) is 15.9 Å². The van der Waals surface area contributed by atoms with Gasteiger partial charge in [0.05, 0.1) is 15.7 Å². The topological polar surface area (TPSA) is 34.1 Å². The lowest BCUT2D eigenvalue weighted by Gasteiger charge is -2.15. The van der Waals surface area contributed by atoms with Gasteiger partial charge in [0.15, 0.2) is 9.84 Å². The number of hydrogen-bond acceptors (Lipinski definition) is 2. The molecule has 0 fully saturated rings. The summed E-state index contributed by atoms with van der Waals surface area (Å²) < 4.78 is 25.0. The van der Waals surface area contributed by atoms with E-state index in [1.807, 2.05) is 30.3 Å². The summed E-state index contributed by atoms with van der Waals surface area (Å²) in [6.07, 6.45) is 0. The molecule has 0 aliphatic rings. The Hall–Kier alpha value is -0.840. The predicted octanol–water partition coefficient (Wildman–Crippen LogP) is 4.29. The molecule has 106 valence electrons. The molecule has 0 aliphatic carbocycles. The Morgan fingerprint density at radius 3 is 2.20 bits per heavy atom. The standard InChI is InChI=1S/C15H14BrClO2S/c16-10-13(12-6-2-1-3-7-12)11-20(18,19)15-9-5-4-8-14(15)17/h1-9,13H,10-11H2. The van der Waals surface area contributed by atoms with Crippen LogP contribution in [0.1, 0.15) is 11.5 Å². The lowest BCUT2D eigenvalue weighted by Crippen LogP contribution is -2.16. The van der Waals surface area contributed by atoms with E-state index in [0.29, 0.717) is 5.33 Å². The molecule has 2 nitrogen and oxygen atoms in total. The van der Waals surface area contributed by atoms with Crippen molar-refractivity contribution in [2.45, 2.75) is 10.8 Å². The maximum atomic E-state index is 12.5. The van der Waals surface area contributed by atoms with Gasteiger partial charge in [0, 0.05) is 11.2 Å². The number of alkyl halides is 1.